The van der Waals surface area contributed by atoms with Crippen molar-refractivity contribution < 1.29 is 17.9 Å². The Morgan fingerprint density at radius 2 is 1.61 bits per heavy atom. The molecule has 0 aliphatic rings. The van der Waals surface area contributed by atoms with E-state index in [0.717, 1.165) is 12.1 Å². The number of halogens is 3. The molecule has 2 aromatic carbocycles. The molecule has 1 atom stereocenters. The van der Waals surface area contributed by atoms with Gasteiger partial charge in [0.15, 0.2) is 5.65 Å². The Kier molecular flexibility index (Phi) is 6.51. The van der Waals surface area contributed by atoms with Crippen LogP contribution in [0.3, 0.4) is 0 Å². The molecule has 0 amide bonds. The van der Waals surface area contributed by atoms with Crippen molar-refractivity contribution in [3.63, 3.8) is 0 Å². The number of alkyl halides is 3. The van der Waals surface area contributed by atoms with E-state index in [1.165, 1.54) is 5.56 Å². The first-order valence-corrected chi connectivity index (χ1v) is 11.4. The molecular formula is C26H23F3N6O. The van der Waals surface area contributed by atoms with Crippen LogP contribution in [0.4, 0.5) is 13.2 Å². The predicted octanol–water partition coefficient (Wildman–Crippen LogP) is 4.99. The number of nitrogens with one attached hydrogen (secondary N) is 1. The summed E-state index contributed by atoms with van der Waals surface area (Å²) in [4.78, 5) is 4.63. The Morgan fingerprint density at radius 1 is 0.889 bits per heavy atom. The van der Waals surface area contributed by atoms with Crippen molar-refractivity contribution in [3.05, 3.63) is 95.6 Å². The summed E-state index contributed by atoms with van der Waals surface area (Å²) in [6.45, 7) is 2.73. The van der Waals surface area contributed by atoms with Crippen LogP contribution in [0.1, 0.15) is 29.7 Å². The maximum Gasteiger partial charge on any atom is 0.453 e. The number of aromatic nitrogens is 5. The zero-order chi connectivity index (χ0) is 25.1. The van der Waals surface area contributed by atoms with Crippen molar-refractivity contribution in [2.24, 2.45) is 0 Å². The molecule has 0 aliphatic carbocycles. The molecule has 0 saturated heterocycles. The standard InChI is InChI=1S/C26H23F3N6O/c1-17(14-18-8-3-2-4-9-18)30-15-19-10-7-11-20(31-19)16-36-24-22-13-6-5-12-21(22)23-32-33-25(26(27,28)29)35(23)34-24/h2-13,17,30H,14-16H2,1H3/t17-/m0/s1. The number of pyridine rings is 1. The molecule has 7 nitrogen and oxygen atoms in total. The van der Waals surface area contributed by atoms with Gasteiger partial charge in [-0.3, -0.25) is 4.98 Å². The molecule has 5 aromatic rings. The molecule has 0 bridgehead atoms. The lowest BCUT2D eigenvalue weighted by Gasteiger charge is -2.14. The van der Waals surface area contributed by atoms with Gasteiger partial charge in [-0.1, -0.05) is 54.6 Å². The Balaban J connectivity index is 1.32. The van der Waals surface area contributed by atoms with E-state index in [4.69, 9.17) is 4.74 Å². The van der Waals surface area contributed by atoms with Crippen LogP contribution in [0.5, 0.6) is 5.88 Å². The van der Waals surface area contributed by atoms with Crippen molar-refractivity contribution in [3.8, 4) is 5.88 Å². The van der Waals surface area contributed by atoms with Gasteiger partial charge in [-0.2, -0.15) is 17.7 Å². The fourth-order valence-corrected chi connectivity index (χ4v) is 4.00. The van der Waals surface area contributed by atoms with Gasteiger partial charge in [0.25, 0.3) is 5.82 Å². The number of hydrogen-bond donors (Lipinski definition) is 1. The Bertz CT molecular complexity index is 1490. The zero-order valence-electron chi connectivity index (χ0n) is 19.4. The highest BCUT2D eigenvalue weighted by molar-refractivity contribution is 5.96. The van der Waals surface area contributed by atoms with Gasteiger partial charge < -0.3 is 10.1 Å². The van der Waals surface area contributed by atoms with Gasteiger partial charge in [0.2, 0.25) is 5.88 Å². The van der Waals surface area contributed by atoms with Crippen LogP contribution in [0.2, 0.25) is 0 Å². The van der Waals surface area contributed by atoms with E-state index >= 15 is 0 Å². The molecule has 10 heteroatoms. The fraction of sp³-hybridized carbons (Fsp3) is 0.231. The van der Waals surface area contributed by atoms with Crippen LogP contribution in [0, 0.1) is 0 Å². The first-order valence-electron chi connectivity index (χ1n) is 11.4. The van der Waals surface area contributed by atoms with E-state index < -0.39 is 12.0 Å². The van der Waals surface area contributed by atoms with Crippen molar-refractivity contribution in [2.75, 3.05) is 0 Å². The topological polar surface area (TPSA) is 77.2 Å². The minimum Gasteiger partial charge on any atom is -0.470 e. The lowest BCUT2D eigenvalue weighted by Crippen LogP contribution is -2.28. The molecule has 1 N–H and O–H groups in total. The number of fused-ring (bicyclic) bond motifs is 3. The van der Waals surface area contributed by atoms with Crippen LogP contribution < -0.4 is 10.1 Å². The molecule has 3 aromatic heterocycles. The molecule has 5 rings (SSSR count). The van der Waals surface area contributed by atoms with Crippen LogP contribution in [-0.2, 0) is 25.7 Å². The number of ether oxygens (including phenoxy) is 1. The molecule has 0 aliphatic heterocycles. The quantitative estimate of drug-likeness (QED) is 0.329. The Morgan fingerprint density at radius 3 is 2.39 bits per heavy atom. The zero-order valence-corrected chi connectivity index (χ0v) is 19.4. The lowest BCUT2D eigenvalue weighted by atomic mass is 10.1. The molecule has 0 saturated carbocycles. The summed E-state index contributed by atoms with van der Waals surface area (Å²) in [6, 6.07) is 22.9. The van der Waals surface area contributed by atoms with Crippen molar-refractivity contribution in [1.82, 2.24) is 30.1 Å². The third-order valence-electron chi connectivity index (χ3n) is 5.72. The monoisotopic (exact) mass is 492 g/mol. The van der Waals surface area contributed by atoms with Gasteiger partial charge in [0, 0.05) is 23.4 Å². The van der Waals surface area contributed by atoms with E-state index in [1.807, 2.05) is 30.3 Å². The second kappa shape index (κ2) is 9.90. The van der Waals surface area contributed by atoms with Gasteiger partial charge in [-0.15, -0.1) is 15.3 Å². The summed E-state index contributed by atoms with van der Waals surface area (Å²) in [5.41, 5.74) is 2.74. The summed E-state index contributed by atoms with van der Waals surface area (Å²) in [6.07, 6.45) is -3.80. The molecule has 184 valence electrons. The summed E-state index contributed by atoms with van der Waals surface area (Å²) in [5, 5.41) is 15.5. The summed E-state index contributed by atoms with van der Waals surface area (Å²) in [5.74, 6) is -1.16. The Labute approximate surface area is 205 Å². The predicted molar refractivity (Wildman–Crippen MR) is 128 cm³/mol. The highest BCUT2D eigenvalue weighted by atomic mass is 19.4. The summed E-state index contributed by atoms with van der Waals surface area (Å²) >= 11 is 0. The smallest absolute Gasteiger partial charge is 0.453 e. The molecular weight excluding hydrogens is 469 g/mol. The van der Waals surface area contributed by atoms with Crippen LogP contribution in [0.15, 0.2) is 72.8 Å². The van der Waals surface area contributed by atoms with Crippen molar-refractivity contribution >= 4 is 16.4 Å². The van der Waals surface area contributed by atoms with E-state index in [-0.39, 0.29) is 24.2 Å². The Hall–Kier alpha value is -4.05. The highest BCUT2D eigenvalue weighted by Crippen LogP contribution is 2.32. The summed E-state index contributed by atoms with van der Waals surface area (Å²) < 4.78 is 46.8. The number of rotatable bonds is 8. The normalized spacial score (nSPS) is 12.8. The second-order valence-electron chi connectivity index (χ2n) is 8.49. The fourth-order valence-electron chi connectivity index (χ4n) is 4.00. The third kappa shape index (κ3) is 5.13. The van der Waals surface area contributed by atoms with E-state index in [0.29, 0.717) is 27.5 Å². The minimum absolute atomic E-state index is 0.0149. The first kappa shape index (κ1) is 23.7. The number of hydrogen-bond acceptors (Lipinski definition) is 6. The molecule has 36 heavy (non-hydrogen) atoms. The van der Waals surface area contributed by atoms with Gasteiger partial charge in [-0.25, -0.2) is 0 Å². The number of benzene rings is 2. The molecule has 0 spiro atoms. The average Bonchev–Trinajstić information content (AvgIpc) is 3.32. The molecule has 3 heterocycles. The minimum atomic E-state index is -4.70. The second-order valence-corrected chi connectivity index (χ2v) is 8.49. The highest BCUT2D eigenvalue weighted by Gasteiger charge is 2.38. The largest absolute Gasteiger partial charge is 0.470 e. The van der Waals surface area contributed by atoms with Gasteiger partial charge in [-0.05, 0) is 37.1 Å². The third-order valence-corrected chi connectivity index (χ3v) is 5.72. The molecule has 0 fully saturated rings. The SMILES string of the molecule is C[C@@H](Cc1ccccc1)NCc1cccc(COc2nn3c(C(F)(F)F)nnc3c3ccccc23)n1. The van der Waals surface area contributed by atoms with Crippen LogP contribution >= 0.6 is 0 Å². The number of nitrogens with zero attached hydrogens (tertiary/aromatic N) is 5. The van der Waals surface area contributed by atoms with Crippen molar-refractivity contribution in [2.45, 2.75) is 38.7 Å². The molecule has 0 radical (unpaired) electrons. The van der Waals surface area contributed by atoms with Crippen LogP contribution in [-0.4, -0.2) is 30.8 Å². The van der Waals surface area contributed by atoms with Gasteiger partial charge in [0.1, 0.15) is 6.61 Å². The maximum absolute atomic E-state index is 13.4. The summed E-state index contributed by atoms with van der Waals surface area (Å²) in [7, 11) is 0. The van der Waals surface area contributed by atoms with Crippen molar-refractivity contribution in [1.29, 1.82) is 0 Å². The molecule has 0 unspecified atom stereocenters. The van der Waals surface area contributed by atoms with Gasteiger partial charge >= 0.3 is 6.18 Å². The lowest BCUT2D eigenvalue weighted by molar-refractivity contribution is -0.146. The van der Waals surface area contributed by atoms with E-state index in [9.17, 15) is 13.2 Å². The van der Waals surface area contributed by atoms with E-state index in [2.05, 4.69) is 44.7 Å². The first-order chi connectivity index (χ1) is 17.4. The van der Waals surface area contributed by atoms with E-state index in [1.54, 1.807) is 30.3 Å². The average molecular weight is 493 g/mol. The van der Waals surface area contributed by atoms with Gasteiger partial charge in [0.05, 0.1) is 11.4 Å². The van der Waals surface area contributed by atoms with Crippen LogP contribution in [0.25, 0.3) is 16.4 Å². The maximum atomic E-state index is 13.4.